The molecule has 4 aromatic rings. The molecule has 0 aliphatic carbocycles. The van der Waals surface area contributed by atoms with Crippen molar-refractivity contribution in [2.75, 3.05) is 51.8 Å². The summed E-state index contributed by atoms with van der Waals surface area (Å²) >= 11 is 3.97. The minimum absolute atomic E-state index is 0.0324. The van der Waals surface area contributed by atoms with Gasteiger partial charge in [0.1, 0.15) is 120 Å². The first-order valence-electron chi connectivity index (χ1n) is 46.3. The number of aromatic hydroxyl groups is 4. The van der Waals surface area contributed by atoms with E-state index in [1.54, 1.807) is 13.8 Å². The Morgan fingerprint density at radius 2 is 0.565 bits per heavy atom. The minimum atomic E-state index is -2.14. The van der Waals surface area contributed by atoms with E-state index in [1.165, 1.54) is 125 Å². The van der Waals surface area contributed by atoms with Crippen LogP contribution < -0.4 is 118 Å². The van der Waals surface area contributed by atoms with Crippen molar-refractivity contribution in [3.63, 3.8) is 0 Å². The van der Waals surface area contributed by atoms with Gasteiger partial charge in [-0.15, -0.1) is 0 Å². The summed E-state index contributed by atoms with van der Waals surface area (Å²) < 4.78 is 0. The molecule has 4 rings (SSSR count). The number of hydrogen-bond acceptors (Lipinski definition) is 32. The summed E-state index contributed by atoms with van der Waals surface area (Å²) in [6, 6.07) is -8.78. The predicted octanol–water partition coefficient (Wildman–Crippen LogP) is -10.4. The lowest BCUT2D eigenvalue weighted by Crippen LogP contribution is -2.61. The number of nitrogens with one attached hydrogen (secondary N) is 21. The molecule has 0 radical (unpaired) electrons. The summed E-state index contributed by atoms with van der Waals surface area (Å²) in [5, 5.41) is 170. The Morgan fingerprint density at radius 1 is 0.313 bits per heavy atom. The lowest BCUT2D eigenvalue weighted by molar-refractivity contribution is -0.144. The van der Waals surface area contributed by atoms with E-state index in [9.17, 15) is 152 Å². The van der Waals surface area contributed by atoms with Crippen molar-refractivity contribution in [3.05, 3.63) is 119 Å². The Labute approximate surface area is 847 Å². The van der Waals surface area contributed by atoms with Crippen LogP contribution in [0.1, 0.15) is 115 Å². The number of phenolic OH excluding ortho intramolecular Hbond substituents is 4. The Kier molecular flexibility index (Phi) is 52.6. The van der Waals surface area contributed by atoms with Gasteiger partial charge in [0, 0.05) is 44.5 Å². The molecule has 0 aliphatic heterocycles. The molecule has 0 unspecified atom stereocenters. The second kappa shape index (κ2) is 62.7. The highest BCUT2D eigenvalue weighted by atomic mass is 32.1. The summed E-state index contributed by atoms with van der Waals surface area (Å²) in [6.45, 7) is 2.60. The summed E-state index contributed by atoms with van der Waals surface area (Å²) in [4.78, 5) is 275. The van der Waals surface area contributed by atoms with E-state index in [-0.39, 0.29) is 91.5 Å². The van der Waals surface area contributed by atoms with Crippen molar-refractivity contribution < 1.29 is 152 Å². The standard InChI is InChI=1S/C91H132N24O31S/c1-7-43(3)71(114-73(129)45(5)100-80(136)59(32-48-15-23-52(121)24-16-48)107-78(134)57(12-10-30-98-91(95)96)104-82(138)61(34-50-19-27-54(123)28-20-50)109-84(140)63(36-70(127)128)105-75(131)55(92)42-147)87(143)111-65(39-117)85(141)110-64(38-116)76(132)99-37-68(124)102-62(35-69(125)126)83(139)108-60(33-49-17-25-53(122)26-18-49)81(137)103-56(11-9-29-97-90(93)94)77(133)106-58(31-47-13-21-51(120)22-14-47)79(135)101-46(6)74(130)115-72(44(4)8-2)88(144)112-66(40-118)86(142)113-67(41-119)89(145)146/h13-28,43-46,55-67,71-72,116-123,147H,7-12,29-42,92H2,1-6H3,(H,99,132)(H,100,136)(H,101,135)(H,102,124)(H,103,137)(H,104,138)(H,105,131)(H,106,133)(H,107,134)(H,108,139)(H,109,140)(H,110,141)(H,111,143)(H,112,144)(H,113,142)(H,114,129)(H,115,130)(H,125,126)(H,127,128)(H,145,146)(H4,93,94,97)(H4,95,96,98)/t43-,44-,45-,46-,55-,56-,57-,58-,59-,60-,61-,62-,63-,64-,65-,66-,67-,71-,72-/m0/s1. The summed E-state index contributed by atoms with van der Waals surface area (Å²) in [6.07, 6.45) is -4.42. The van der Waals surface area contributed by atoms with E-state index < -0.39 is 316 Å². The van der Waals surface area contributed by atoms with E-state index in [2.05, 4.69) is 108 Å². The summed E-state index contributed by atoms with van der Waals surface area (Å²) in [7, 11) is 0. The van der Waals surface area contributed by atoms with Crippen LogP contribution in [0, 0.1) is 22.7 Å². The van der Waals surface area contributed by atoms with Gasteiger partial charge in [0.05, 0.1) is 51.9 Å². The predicted molar refractivity (Wildman–Crippen MR) is 522 cm³/mol. The number of aliphatic hydroxyl groups is 4. The van der Waals surface area contributed by atoms with Crippen LogP contribution in [0.15, 0.2) is 97.1 Å². The monoisotopic (exact) mass is 2090 g/mol. The fraction of sp³-hybridized carbons (Fsp3) is 0.495. The number of carbonyl (C=O) groups is 20. The second-order valence-electron chi connectivity index (χ2n) is 34.2. The Hall–Kier alpha value is -15.8. The zero-order chi connectivity index (χ0) is 110. The van der Waals surface area contributed by atoms with Gasteiger partial charge in [0.15, 0.2) is 11.9 Å². The quantitative estimate of drug-likeness (QED) is 0.00845. The van der Waals surface area contributed by atoms with Crippen LogP contribution in [0.4, 0.5) is 0 Å². The first-order chi connectivity index (χ1) is 69.4. The van der Waals surface area contributed by atoms with E-state index in [0.29, 0.717) is 11.1 Å². The molecule has 4 aromatic carbocycles. The van der Waals surface area contributed by atoms with Crippen molar-refractivity contribution in [1.29, 1.82) is 10.8 Å². The van der Waals surface area contributed by atoms with Gasteiger partial charge in [-0.05, 0) is 122 Å². The van der Waals surface area contributed by atoms with Crippen molar-refractivity contribution in [3.8, 4) is 23.0 Å². The first kappa shape index (κ1) is 123. The lowest BCUT2D eigenvalue weighted by atomic mass is 9.97. The molecule has 147 heavy (non-hydrogen) atoms. The number of rotatable bonds is 64. The van der Waals surface area contributed by atoms with E-state index in [1.807, 2.05) is 5.32 Å². The second-order valence-corrected chi connectivity index (χ2v) is 34.6. The van der Waals surface area contributed by atoms with E-state index >= 15 is 0 Å². The number of thiol groups is 1. The number of benzene rings is 4. The smallest absolute Gasteiger partial charge is 0.328 e. The number of hydrogen-bond donors (Lipinski definition) is 36. The van der Waals surface area contributed by atoms with E-state index in [4.69, 9.17) is 28.0 Å². The number of amides is 17. The SMILES string of the molecule is CC[C@H](C)[C@H](NC(=O)[C@H](C)NC(=O)[C@H](Cc1ccc(O)cc1)NC(=O)[C@H](CCCNC(=N)N)NC(=O)[C@H](Cc1ccc(O)cc1)NC(=O)[C@H](CC(=O)O)NC(=O)CNC(=O)[C@H](CO)NC(=O)[C@H](CO)NC(=O)[C@@H](NC(=O)[C@H](C)NC(=O)[C@H](Cc1ccc(O)cc1)NC(=O)[C@H](CCCNC(=N)N)NC(=O)[C@H](Cc1ccc(O)cc1)NC(=O)[C@H](CC(=O)O)NC(=O)[C@@H](N)CS)[C@@H](C)CC)C(=O)N[C@@H](CO)C(=O)N[C@@H](CO)C(=O)O. The topological polar surface area (TPSA) is 918 Å². The van der Waals surface area contributed by atoms with Gasteiger partial charge in [-0.2, -0.15) is 12.6 Å². The fourth-order valence-corrected chi connectivity index (χ4v) is 13.9. The number of carbonyl (C=O) groups excluding carboxylic acids is 17. The minimum Gasteiger partial charge on any atom is -0.508 e. The number of carboxylic acids is 3. The van der Waals surface area contributed by atoms with Crippen molar-refractivity contribution in [1.82, 2.24) is 101 Å². The molecule has 17 amide bonds. The van der Waals surface area contributed by atoms with Gasteiger partial charge >= 0.3 is 17.9 Å². The number of carboxylic acid groups (broad SMARTS) is 3. The average Bonchev–Trinajstić information content (AvgIpc) is 0.841. The largest absolute Gasteiger partial charge is 0.508 e. The summed E-state index contributed by atoms with van der Waals surface area (Å²) in [5.74, 6) is -28.4. The summed E-state index contributed by atoms with van der Waals surface area (Å²) in [5.41, 5.74) is 17.9. The van der Waals surface area contributed by atoms with Crippen LogP contribution in [0.3, 0.4) is 0 Å². The molecule has 0 fully saturated rings. The fourth-order valence-electron chi connectivity index (χ4n) is 13.8. The Morgan fingerprint density at radius 3 is 0.850 bits per heavy atom. The zero-order valence-corrected chi connectivity index (χ0v) is 82.0. The van der Waals surface area contributed by atoms with Gasteiger partial charge in [-0.1, -0.05) is 89.1 Å². The Balaban J connectivity index is 1.56. The highest BCUT2D eigenvalue weighted by Crippen LogP contribution is 2.20. The highest BCUT2D eigenvalue weighted by molar-refractivity contribution is 7.80. The number of guanidine groups is 2. The third-order valence-corrected chi connectivity index (χ3v) is 23.0. The van der Waals surface area contributed by atoms with Crippen LogP contribution in [-0.4, -0.2) is 341 Å². The molecule has 0 aromatic heterocycles. The van der Waals surface area contributed by atoms with Crippen molar-refractivity contribution in [2.45, 2.75) is 221 Å². The number of nitrogens with two attached hydrogens (primary N) is 3. The maximum Gasteiger partial charge on any atom is 0.328 e. The molecule has 56 heteroatoms. The zero-order valence-electron chi connectivity index (χ0n) is 81.1. The molecular weight excluding hydrogens is 1960 g/mol. The maximum absolute atomic E-state index is 14.8. The van der Waals surface area contributed by atoms with Gasteiger partial charge in [0.2, 0.25) is 100 Å². The highest BCUT2D eigenvalue weighted by Gasteiger charge is 2.41. The molecule has 55 nitrogen and oxygen atoms in total. The third kappa shape index (κ3) is 43.7. The molecule has 0 aliphatic rings. The van der Waals surface area contributed by atoms with Crippen LogP contribution in [-0.2, 0) is 122 Å². The number of aliphatic hydroxyl groups excluding tert-OH is 4. The van der Waals surface area contributed by atoms with E-state index in [0.717, 1.165) is 0 Å². The molecule has 0 saturated carbocycles. The van der Waals surface area contributed by atoms with Crippen LogP contribution >= 0.6 is 12.6 Å². The molecule has 0 bridgehead atoms. The molecule has 808 valence electrons. The average molecular weight is 2090 g/mol. The lowest BCUT2D eigenvalue weighted by Gasteiger charge is -2.28. The van der Waals surface area contributed by atoms with Crippen molar-refractivity contribution >= 4 is 143 Å². The Bertz CT molecular complexity index is 5210. The maximum atomic E-state index is 14.8. The molecule has 0 spiro atoms. The molecule has 38 N–H and O–H groups in total. The number of aliphatic carboxylic acids is 3. The van der Waals surface area contributed by atoms with Gasteiger partial charge in [-0.3, -0.25) is 102 Å². The van der Waals surface area contributed by atoms with Gasteiger partial charge < -0.3 is 174 Å². The van der Waals surface area contributed by atoms with Crippen LogP contribution in [0.2, 0.25) is 0 Å². The molecule has 0 heterocycles. The first-order valence-corrected chi connectivity index (χ1v) is 46.9. The number of phenols is 4. The normalized spacial score (nSPS) is 14.9. The van der Waals surface area contributed by atoms with Gasteiger partial charge in [0.25, 0.3) is 0 Å². The molecule has 0 saturated heterocycles. The van der Waals surface area contributed by atoms with Crippen molar-refractivity contribution in [2.24, 2.45) is 29.0 Å². The third-order valence-electron chi connectivity index (χ3n) is 22.6. The van der Waals surface area contributed by atoms with Crippen LogP contribution in [0.5, 0.6) is 23.0 Å². The molecule has 19 atom stereocenters. The van der Waals surface area contributed by atoms with Crippen LogP contribution in [0.25, 0.3) is 0 Å². The van der Waals surface area contributed by atoms with Gasteiger partial charge in [-0.25, -0.2) is 4.79 Å². The molecular formula is C91H132N24O31S.